The van der Waals surface area contributed by atoms with Gasteiger partial charge in [0.15, 0.2) is 0 Å². The standard InChI is InChI=1S/C22H31N3O3/c1-28-20-10-3-2-9-19(20)25-15-17(13-21(25)26)22(27)23-14-16-7-6-12-24-11-5-4-8-18(16)24/h2-3,9-10,16-18H,4-8,11-15H2,1H3,(H,23,27). The maximum absolute atomic E-state index is 12.8. The van der Waals surface area contributed by atoms with Crippen LogP contribution in [0.15, 0.2) is 24.3 Å². The molecule has 152 valence electrons. The zero-order valence-corrected chi connectivity index (χ0v) is 16.7. The molecular weight excluding hydrogens is 354 g/mol. The minimum absolute atomic E-state index is 0.0127. The van der Waals surface area contributed by atoms with Gasteiger partial charge in [-0.15, -0.1) is 0 Å². The van der Waals surface area contributed by atoms with E-state index in [9.17, 15) is 9.59 Å². The smallest absolute Gasteiger partial charge is 0.227 e. The van der Waals surface area contributed by atoms with Crippen LogP contribution in [0, 0.1) is 11.8 Å². The Hall–Kier alpha value is -2.08. The summed E-state index contributed by atoms with van der Waals surface area (Å²) in [6, 6.07) is 8.10. The Kier molecular flexibility index (Phi) is 5.85. The number of hydrogen-bond acceptors (Lipinski definition) is 4. The number of nitrogens with one attached hydrogen (secondary N) is 1. The molecular formula is C22H31N3O3. The van der Waals surface area contributed by atoms with Gasteiger partial charge in [-0.05, 0) is 56.8 Å². The number of carbonyl (C=O) groups is 2. The Balaban J connectivity index is 1.35. The molecule has 1 N–H and O–H groups in total. The minimum Gasteiger partial charge on any atom is -0.495 e. The number of para-hydroxylation sites is 2. The Morgan fingerprint density at radius 3 is 2.86 bits per heavy atom. The summed E-state index contributed by atoms with van der Waals surface area (Å²) in [6.45, 7) is 3.57. The van der Waals surface area contributed by atoms with Crippen LogP contribution in [0.1, 0.15) is 38.5 Å². The van der Waals surface area contributed by atoms with Crippen molar-refractivity contribution in [2.24, 2.45) is 11.8 Å². The van der Waals surface area contributed by atoms with Crippen molar-refractivity contribution in [3.05, 3.63) is 24.3 Å². The zero-order chi connectivity index (χ0) is 19.5. The molecule has 3 aliphatic rings. The number of rotatable bonds is 5. The maximum atomic E-state index is 12.8. The van der Waals surface area contributed by atoms with E-state index in [0.29, 0.717) is 24.3 Å². The maximum Gasteiger partial charge on any atom is 0.227 e. The summed E-state index contributed by atoms with van der Waals surface area (Å²) in [4.78, 5) is 29.6. The van der Waals surface area contributed by atoms with E-state index < -0.39 is 0 Å². The Bertz CT molecular complexity index is 721. The van der Waals surface area contributed by atoms with Gasteiger partial charge in [-0.25, -0.2) is 0 Å². The summed E-state index contributed by atoms with van der Waals surface area (Å²) >= 11 is 0. The highest BCUT2D eigenvalue weighted by molar-refractivity contribution is 6.01. The van der Waals surface area contributed by atoms with Gasteiger partial charge in [0.25, 0.3) is 0 Å². The third-order valence-electron chi connectivity index (χ3n) is 6.64. The van der Waals surface area contributed by atoms with Crippen LogP contribution in [0.4, 0.5) is 5.69 Å². The van der Waals surface area contributed by atoms with E-state index >= 15 is 0 Å². The van der Waals surface area contributed by atoms with Crippen molar-refractivity contribution < 1.29 is 14.3 Å². The fourth-order valence-corrected chi connectivity index (χ4v) is 5.16. The van der Waals surface area contributed by atoms with Crippen LogP contribution in [0.3, 0.4) is 0 Å². The molecule has 0 radical (unpaired) electrons. The van der Waals surface area contributed by atoms with Gasteiger partial charge in [-0.1, -0.05) is 18.6 Å². The highest BCUT2D eigenvalue weighted by atomic mass is 16.5. The number of anilines is 1. The van der Waals surface area contributed by atoms with Crippen molar-refractivity contribution >= 4 is 17.5 Å². The highest BCUT2D eigenvalue weighted by Crippen LogP contribution is 2.33. The molecule has 0 bridgehead atoms. The van der Waals surface area contributed by atoms with Gasteiger partial charge in [-0.3, -0.25) is 9.59 Å². The first kappa shape index (κ1) is 19.2. The molecule has 0 saturated carbocycles. The summed E-state index contributed by atoms with van der Waals surface area (Å²) < 4.78 is 5.38. The predicted molar refractivity (Wildman–Crippen MR) is 108 cm³/mol. The lowest BCUT2D eigenvalue weighted by atomic mass is 9.83. The third-order valence-corrected chi connectivity index (χ3v) is 6.64. The number of methoxy groups -OCH3 is 1. The lowest BCUT2D eigenvalue weighted by molar-refractivity contribution is -0.126. The lowest BCUT2D eigenvalue weighted by Crippen LogP contribution is -2.51. The van der Waals surface area contributed by atoms with Crippen molar-refractivity contribution in [3.63, 3.8) is 0 Å². The van der Waals surface area contributed by atoms with E-state index in [1.54, 1.807) is 12.0 Å². The SMILES string of the molecule is COc1ccccc1N1CC(C(=O)NCC2CCCN3CCCCC23)CC1=O. The number of fused-ring (bicyclic) bond motifs is 1. The number of benzene rings is 1. The number of piperidine rings is 2. The second kappa shape index (κ2) is 8.52. The number of ether oxygens (including phenoxy) is 1. The third kappa shape index (κ3) is 3.88. The van der Waals surface area contributed by atoms with Crippen LogP contribution in [0.2, 0.25) is 0 Å². The van der Waals surface area contributed by atoms with E-state index in [-0.39, 0.29) is 24.2 Å². The molecule has 1 aromatic rings. The number of hydrogen-bond donors (Lipinski definition) is 1. The van der Waals surface area contributed by atoms with Gasteiger partial charge < -0.3 is 19.9 Å². The van der Waals surface area contributed by atoms with Gasteiger partial charge in [0.05, 0.1) is 18.7 Å². The molecule has 28 heavy (non-hydrogen) atoms. The minimum atomic E-state index is -0.288. The first-order valence-corrected chi connectivity index (χ1v) is 10.6. The molecule has 3 saturated heterocycles. The molecule has 0 aliphatic carbocycles. The summed E-state index contributed by atoms with van der Waals surface area (Å²) in [5.41, 5.74) is 0.746. The highest BCUT2D eigenvalue weighted by Gasteiger charge is 2.37. The fourth-order valence-electron chi connectivity index (χ4n) is 5.16. The average Bonchev–Trinajstić information content (AvgIpc) is 3.13. The number of carbonyl (C=O) groups excluding carboxylic acids is 2. The van der Waals surface area contributed by atoms with Crippen molar-refractivity contribution in [2.45, 2.75) is 44.6 Å². The van der Waals surface area contributed by atoms with Crippen molar-refractivity contribution in [1.29, 1.82) is 0 Å². The Labute approximate surface area is 167 Å². The van der Waals surface area contributed by atoms with Crippen LogP contribution in [-0.2, 0) is 9.59 Å². The Morgan fingerprint density at radius 2 is 2.00 bits per heavy atom. The fraction of sp³-hybridized carbons (Fsp3) is 0.636. The van der Waals surface area contributed by atoms with Gasteiger partial charge in [0.2, 0.25) is 11.8 Å². The second-order valence-electron chi connectivity index (χ2n) is 8.32. The van der Waals surface area contributed by atoms with Crippen LogP contribution in [0.25, 0.3) is 0 Å². The van der Waals surface area contributed by atoms with E-state index in [1.807, 2.05) is 24.3 Å². The molecule has 3 atom stereocenters. The van der Waals surface area contributed by atoms with E-state index in [4.69, 9.17) is 4.74 Å². The molecule has 3 heterocycles. The molecule has 6 heteroatoms. The van der Waals surface area contributed by atoms with E-state index in [1.165, 1.54) is 45.2 Å². The molecule has 3 aliphatic heterocycles. The first-order valence-electron chi connectivity index (χ1n) is 10.6. The lowest BCUT2D eigenvalue weighted by Gasteiger charge is -2.44. The van der Waals surface area contributed by atoms with Gasteiger partial charge >= 0.3 is 0 Å². The summed E-state index contributed by atoms with van der Waals surface area (Å²) in [5.74, 6) is 0.917. The normalized spacial score (nSPS) is 28.1. The molecule has 0 spiro atoms. The molecule has 4 rings (SSSR count). The topological polar surface area (TPSA) is 61.9 Å². The quantitative estimate of drug-likeness (QED) is 0.846. The zero-order valence-electron chi connectivity index (χ0n) is 16.7. The molecule has 1 aromatic carbocycles. The molecule has 3 unspecified atom stereocenters. The van der Waals surface area contributed by atoms with Crippen molar-refractivity contribution in [1.82, 2.24) is 10.2 Å². The van der Waals surface area contributed by atoms with Gasteiger partial charge in [-0.2, -0.15) is 0 Å². The summed E-state index contributed by atoms with van der Waals surface area (Å²) in [6.07, 6.45) is 6.54. The van der Waals surface area contributed by atoms with E-state index in [0.717, 1.165) is 12.2 Å². The molecule has 6 nitrogen and oxygen atoms in total. The predicted octanol–water partition coefficient (Wildman–Crippen LogP) is 2.43. The number of amides is 2. The monoisotopic (exact) mass is 385 g/mol. The molecule has 0 aromatic heterocycles. The summed E-state index contributed by atoms with van der Waals surface area (Å²) in [7, 11) is 1.60. The van der Waals surface area contributed by atoms with Crippen LogP contribution >= 0.6 is 0 Å². The van der Waals surface area contributed by atoms with Crippen LogP contribution in [0.5, 0.6) is 5.75 Å². The molecule has 2 amide bonds. The molecule has 3 fully saturated rings. The van der Waals surface area contributed by atoms with E-state index in [2.05, 4.69) is 10.2 Å². The van der Waals surface area contributed by atoms with Crippen LogP contribution < -0.4 is 15.0 Å². The van der Waals surface area contributed by atoms with Gasteiger partial charge in [0.1, 0.15) is 5.75 Å². The largest absolute Gasteiger partial charge is 0.495 e. The average molecular weight is 386 g/mol. The van der Waals surface area contributed by atoms with Crippen molar-refractivity contribution in [3.8, 4) is 5.75 Å². The Morgan fingerprint density at radius 1 is 1.18 bits per heavy atom. The van der Waals surface area contributed by atoms with Crippen molar-refractivity contribution in [2.75, 3.05) is 38.2 Å². The van der Waals surface area contributed by atoms with Crippen LogP contribution in [-0.4, -0.2) is 56.0 Å². The first-order chi connectivity index (χ1) is 13.7. The summed E-state index contributed by atoms with van der Waals surface area (Å²) in [5, 5.41) is 3.17. The second-order valence-corrected chi connectivity index (χ2v) is 8.32. The number of nitrogens with zero attached hydrogens (tertiary/aromatic N) is 2. The van der Waals surface area contributed by atoms with Gasteiger partial charge in [0, 0.05) is 25.6 Å².